The van der Waals surface area contributed by atoms with Gasteiger partial charge in [-0.25, -0.2) is 15.3 Å². The fourth-order valence-electron chi connectivity index (χ4n) is 2.14. The number of carbonyl (C=O) groups excluding carboxylic acids is 1. The second-order valence-electron chi connectivity index (χ2n) is 5.40. The Balaban J connectivity index is 1.84. The van der Waals surface area contributed by atoms with Crippen LogP contribution < -0.4 is 31.5 Å². The van der Waals surface area contributed by atoms with Gasteiger partial charge in [0.25, 0.3) is 5.56 Å². The molecular weight excluding hydrogens is 368 g/mol. The molecule has 1 amide bonds. The van der Waals surface area contributed by atoms with E-state index in [1.165, 1.54) is 6.21 Å². The molecule has 11 heteroatoms. The van der Waals surface area contributed by atoms with Crippen LogP contribution in [0.3, 0.4) is 0 Å². The van der Waals surface area contributed by atoms with E-state index < -0.39 is 11.2 Å². The summed E-state index contributed by atoms with van der Waals surface area (Å²) in [6, 6.07) is 5.33. The van der Waals surface area contributed by atoms with Crippen molar-refractivity contribution in [1.29, 1.82) is 0 Å². The lowest BCUT2D eigenvalue weighted by Gasteiger charge is -2.11. The van der Waals surface area contributed by atoms with Gasteiger partial charge in [0.15, 0.2) is 11.5 Å². The van der Waals surface area contributed by atoms with Crippen LogP contribution in [-0.2, 0) is 4.79 Å². The van der Waals surface area contributed by atoms with Crippen molar-refractivity contribution in [3.63, 3.8) is 0 Å². The summed E-state index contributed by atoms with van der Waals surface area (Å²) >= 11 is 0. The number of carbonyl (C=O) groups is 1. The van der Waals surface area contributed by atoms with Crippen molar-refractivity contribution in [3.05, 3.63) is 44.6 Å². The third-order valence-corrected chi connectivity index (χ3v) is 3.33. The molecule has 4 N–H and O–H groups in total. The summed E-state index contributed by atoms with van der Waals surface area (Å²) in [5.41, 5.74) is 1.75. The van der Waals surface area contributed by atoms with Gasteiger partial charge in [0, 0.05) is 13.0 Å². The van der Waals surface area contributed by atoms with Gasteiger partial charge in [0.2, 0.25) is 11.7 Å². The minimum absolute atomic E-state index is 0.0467. The average Bonchev–Trinajstić information content (AvgIpc) is 2.66. The summed E-state index contributed by atoms with van der Waals surface area (Å²) in [7, 11) is 0. The van der Waals surface area contributed by atoms with Crippen LogP contribution in [0.4, 0.5) is 5.82 Å². The van der Waals surface area contributed by atoms with Gasteiger partial charge in [-0.05, 0) is 37.6 Å². The average molecular weight is 390 g/mol. The molecule has 0 fully saturated rings. The molecule has 1 aromatic heterocycles. The van der Waals surface area contributed by atoms with Crippen LogP contribution in [0.15, 0.2) is 32.9 Å². The van der Waals surface area contributed by atoms with Gasteiger partial charge >= 0.3 is 5.69 Å². The number of hydrogen-bond acceptors (Lipinski definition) is 8. The first kappa shape index (κ1) is 20.7. The summed E-state index contributed by atoms with van der Waals surface area (Å²) in [4.78, 5) is 36.1. The summed E-state index contributed by atoms with van der Waals surface area (Å²) in [5.74, 6) is 0.805. The molecule has 0 aliphatic rings. The Kier molecular flexibility index (Phi) is 7.76. The number of hydrogen-bond donors (Lipinski definition) is 4. The van der Waals surface area contributed by atoms with Gasteiger partial charge in [0.05, 0.1) is 19.4 Å². The number of nitrogens with zero attached hydrogens (tertiary/aromatic N) is 2. The molecule has 0 radical (unpaired) electrons. The Labute approximate surface area is 160 Å². The standard InChI is InChI=1S/C17H22N6O5/c1-3-27-12-6-5-11(9-13(12)28-4-2)10-19-21-14(24)7-8-18-15-16(25)20-17(26)23-22-15/h5-6,9-10H,3-4,7-8H2,1-2H3,(H,18,22)(H,21,24)(H2,20,23,25,26)/b19-10+. The number of ether oxygens (including phenoxy) is 2. The first-order chi connectivity index (χ1) is 13.5. The van der Waals surface area contributed by atoms with E-state index in [0.29, 0.717) is 24.7 Å². The van der Waals surface area contributed by atoms with Crippen molar-refractivity contribution in [2.45, 2.75) is 20.3 Å². The maximum absolute atomic E-state index is 11.8. The lowest BCUT2D eigenvalue weighted by Crippen LogP contribution is -2.28. The predicted molar refractivity (Wildman–Crippen MR) is 103 cm³/mol. The number of aromatic amines is 2. The van der Waals surface area contributed by atoms with E-state index in [-0.39, 0.29) is 24.7 Å². The Morgan fingerprint density at radius 1 is 1.21 bits per heavy atom. The number of H-pyrrole nitrogens is 2. The van der Waals surface area contributed by atoms with Crippen molar-refractivity contribution >= 4 is 17.9 Å². The second-order valence-corrected chi connectivity index (χ2v) is 5.40. The molecule has 0 atom stereocenters. The largest absolute Gasteiger partial charge is 0.490 e. The maximum atomic E-state index is 11.8. The summed E-state index contributed by atoms with van der Waals surface area (Å²) in [6.07, 6.45) is 1.53. The van der Waals surface area contributed by atoms with Crippen molar-refractivity contribution in [3.8, 4) is 11.5 Å². The second kappa shape index (κ2) is 10.5. The van der Waals surface area contributed by atoms with Crippen molar-refractivity contribution < 1.29 is 14.3 Å². The molecule has 150 valence electrons. The Morgan fingerprint density at radius 3 is 2.68 bits per heavy atom. The van der Waals surface area contributed by atoms with Gasteiger partial charge in [-0.1, -0.05) is 0 Å². The number of amides is 1. The maximum Gasteiger partial charge on any atom is 0.342 e. The smallest absolute Gasteiger partial charge is 0.342 e. The van der Waals surface area contributed by atoms with Gasteiger partial charge in [-0.3, -0.25) is 14.6 Å². The fourth-order valence-corrected chi connectivity index (χ4v) is 2.14. The normalized spacial score (nSPS) is 10.6. The third kappa shape index (κ3) is 6.27. The molecule has 28 heavy (non-hydrogen) atoms. The number of aromatic nitrogens is 3. The van der Waals surface area contributed by atoms with E-state index in [1.54, 1.807) is 18.2 Å². The van der Waals surface area contributed by atoms with Crippen LogP contribution in [0.2, 0.25) is 0 Å². The zero-order chi connectivity index (χ0) is 20.4. The number of nitrogens with one attached hydrogen (secondary N) is 4. The van der Waals surface area contributed by atoms with Crippen LogP contribution in [0.5, 0.6) is 11.5 Å². The molecule has 0 aliphatic carbocycles. The van der Waals surface area contributed by atoms with Gasteiger partial charge < -0.3 is 14.8 Å². The SMILES string of the molecule is CCOc1ccc(/C=N/NC(=O)CCNc2n[nH]c(=O)[nH]c2=O)cc1OCC. The molecule has 1 aromatic carbocycles. The van der Waals surface area contributed by atoms with Crippen LogP contribution in [0.25, 0.3) is 0 Å². The molecule has 11 nitrogen and oxygen atoms in total. The zero-order valence-electron chi connectivity index (χ0n) is 15.6. The number of anilines is 1. The lowest BCUT2D eigenvalue weighted by molar-refractivity contribution is -0.120. The molecule has 0 spiro atoms. The van der Waals surface area contributed by atoms with E-state index in [2.05, 4.69) is 26.0 Å². The Hall–Kier alpha value is -3.63. The molecule has 2 aromatic rings. The molecular formula is C17H22N6O5. The van der Waals surface area contributed by atoms with E-state index in [9.17, 15) is 14.4 Å². The first-order valence-corrected chi connectivity index (χ1v) is 8.68. The highest BCUT2D eigenvalue weighted by Crippen LogP contribution is 2.27. The van der Waals surface area contributed by atoms with Crippen LogP contribution >= 0.6 is 0 Å². The van der Waals surface area contributed by atoms with Crippen LogP contribution in [-0.4, -0.2) is 47.1 Å². The number of hydrazone groups is 1. The quantitative estimate of drug-likeness (QED) is 0.334. The van der Waals surface area contributed by atoms with E-state index in [1.807, 2.05) is 18.8 Å². The van der Waals surface area contributed by atoms with Crippen molar-refractivity contribution in [1.82, 2.24) is 20.6 Å². The lowest BCUT2D eigenvalue weighted by atomic mass is 10.2. The topological polar surface area (TPSA) is 151 Å². The molecule has 0 saturated carbocycles. The highest BCUT2D eigenvalue weighted by Gasteiger charge is 2.06. The van der Waals surface area contributed by atoms with E-state index >= 15 is 0 Å². The minimum Gasteiger partial charge on any atom is -0.490 e. The van der Waals surface area contributed by atoms with Crippen LogP contribution in [0, 0.1) is 0 Å². The molecule has 1 heterocycles. The van der Waals surface area contributed by atoms with E-state index in [0.717, 1.165) is 5.56 Å². The van der Waals surface area contributed by atoms with E-state index in [4.69, 9.17) is 9.47 Å². The molecule has 0 unspecified atom stereocenters. The highest BCUT2D eigenvalue weighted by molar-refractivity contribution is 5.83. The fraction of sp³-hybridized carbons (Fsp3) is 0.353. The van der Waals surface area contributed by atoms with Gasteiger partial charge in [-0.15, -0.1) is 5.10 Å². The summed E-state index contributed by atoms with van der Waals surface area (Å²) < 4.78 is 11.0. The Morgan fingerprint density at radius 2 is 1.96 bits per heavy atom. The molecule has 2 rings (SSSR count). The molecule has 0 aliphatic heterocycles. The predicted octanol–water partition coefficient (Wildman–Crippen LogP) is 0.208. The Bertz CT molecular complexity index is 936. The first-order valence-electron chi connectivity index (χ1n) is 8.68. The van der Waals surface area contributed by atoms with Crippen LogP contribution in [0.1, 0.15) is 25.8 Å². The molecule has 0 saturated heterocycles. The third-order valence-electron chi connectivity index (χ3n) is 3.33. The highest BCUT2D eigenvalue weighted by atomic mass is 16.5. The minimum atomic E-state index is -0.704. The van der Waals surface area contributed by atoms with Gasteiger partial charge in [-0.2, -0.15) is 5.10 Å². The zero-order valence-corrected chi connectivity index (χ0v) is 15.6. The number of rotatable bonds is 10. The number of benzene rings is 1. The monoisotopic (exact) mass is 390 g/mol. The summed E-state index contributed by atoms with van der Waals surface area (Å²) in [6.45, 7) is 4.93. The van der Waals surface area contributed by atoms with Crippen molar-refractivity contribution in [2.24, 2.45) is 5.10 Å². The van der Waals surface area contributed by atoms with Gasteiger partial charge in [0.1, 0.15) is 0 Å². The molecule has 0 bridgehead atoms. The summed E-state index contributed by atoms with van der Waals surface area (Å²) in [5, 5.41) is 12.2. The van der Waals surface area contributed by atoms with Crippen molar-refractivity contribution in [2.75, 3.05) is 25.1 Å².